The number of hydrogen-bond donors (Lipinski definition) is 1. The monoisotopic (exact) mass is 267 g/mol. The van der Waals surface area contributed by atoms with Crippen LogP contribution in [0.3, 0.4) is 0 Å². The van der Waals surface area contributed by atoms with E-state index >= 15 is 0 Å². The van der Waals surface area contributed by atoms with Gasteiger partial charge in [-0.2, -0.15) is 0 Å². The van der Waals surface area contributed by atoms with Gasteiger partial charge < -0.3 is 10.1 Å². The number of fused-ring (bicyclic) bond motifs is 1. The Bertz CT molecular complexity index is 606. The molecule has 1 N–H and O–H groups in total. The molecule has 20 heavy (non-hydrogen) atoms. The fourth-order valence-electron chi connectivity index (χ4n) is 2.97. The summed E-state index contributed by atoms with van der Waals surface area (Å²) in [5, 5.41) is 3.61. The maximum absolute atomic E-state index is 5.88. The minimum absolute atomic E-state index is 0.203. The van der Waals surface area contributed by atoms with Crippen molar-refractivity contribution in [2.75, 3.05) is 13.2 Å². The first-order chi connectivity index (χ1) is 9.81. The van der Waals surface area contributed by atoms with Crippen LogP contribution in [0.15, 0.2) is 42.5 Å². The van der Waals surface area contributed by atoms with Gasteiger partial charge in [-0.15, -0.1) is 0 Å². The molecule has 0 aliphatic carbocycles. The van der Waals surface area contributed by atoms with Crippen molar-refractivity contribution in [1.29, 1.82) is 0 Å². The molecular weight excluding hydrogens is 246 g/mol. The number of aryl methyl sites for hydroxylation is 1. The molecule has 0 aromatic heterocycles. The van der Waals surface area contributed by atoms with E-state index in [1.54, 1.807) is 0 Å². The Labute approximate surface area is 120 Å². The molecule has 0 amide bonds. The maximum Gasteiger partial charge on any atom is 0.127 e. The first-order valence-electron chi connectivity index (χ1n) is 7.34. The highest BCUT2D eigenvalue weighted by atomic mass is 16.5. The van der Waals surface area contributed by atoms with Crippen LogP contribution in [0.5, 0.6) is 5.75 Å². The van der Waals surface area contributed by atoms with Gasteiger partial charge in [0.25, 0.3) is 0 Å². The highest BCUT2D eigenvalue weighted by Crippen LogP contribution is 2.36. The van der Waals surface area contributed by atoms with Crippen LogP contribution in [0.4, 0.5) is 0 Å². The van der Waals surface area contributed by atoms with E-state index in [1.165, 1.54) is 22.3 Å². The van der Waals surface area contributed by atoms with E-state index in [1.807, 2.05) is 0 Å². The average Bonchev–Trinajstić information content (AvgIpc) is 2.94. The van der Waals surface area contributed by atoms with Crippen molar-refractivity contribution in [3.8, 4) is 5.75 Å². The minimum Gasteiger partial charge on any atom is -0.493 e. The van der Waals surface area contributed by atoms with Gasteiger partial charge in [-0.25, -0.2) is 0 Å². The summed E-state index contributed by atoms with van der Waals surface area (Å²) in [4.78, 5) is 0. The SMILES string of the molecule is CCNC(c1ccccc1C)c1cccc2c1OCC2. The second-order valence-electron chi connectivity index (χ2n) is 5.28. The van der Waals surface area contributed by atoms with Crippen LogP contribution >= 0.6 is 0 Å². The van der Waals surface area contributed by atoms with E-state index in [4.69, 9.17) is 4.74 Å². The van der Waals surface area contributed by atoms with Gasteiger partial charge in [0.1, 0.15) is 5.75 Å². The predicted molar refractivity (Wildman–Crippen MR) is 82.3 cm³/mol. The van der Waals surface area contributed by atoms with Crippen LogP contribution in [0.1, 0.15) is 35.2 Å². The summed E-state index contributed by atoms with van der Waals surface area (Å²) >= 11 is 0. The average molecular weight is 267 g/mol. The third-order valence-corrected chi connectivity index (χ3v) is 3.96. The second kappa shape index (κ2) is 5.68. The molecule has 2 aromatic rings. The Kier molecular flexibility index (Phi) is 3.75. The third kappa shape index (κ3) is 2.32. The lowest BCUT2D eigenvalue weighted by Gasteiger charge is -2.22. The first-order valence-corrected chi connectivity index (χ1v) is 7.34. The zero-order valence-electron chi connectivity index (χ0n) is 12.1. The molecule has 0 radical (unpaired) electrons. The van der Waals surface area contributed by atoms with E-state index in [9.17, 15) is 0 Å². The topological polar surface area (TPSA) is 21.3 Å². The van der Waals surface area contributed by atoms with Crippen LogP contribution in [0.25, 0.3) is 0 Å². The van der Waals surface area contributed by atoms with Crippen molar-refractivity contribution in [2.45, 2.75) is 26.3 Å². The molecule has 1 heterocycles. The molecule has 1 atom stereocenters. The van der Waals surface area contributed by atoms with Gasteiger partial charge in [0.2, 0.25) is 0 Å². The van der Waals surface area contributed by atoms with E-state index in [-0.39, 0.29) is 6.04 Å². The molecule has 0 saturated heterocycles. The smallest absolute Gasteiger partial charge is 0.127 e. The van der Waals surface area contributed by atoms with Crippen molar-refractivity contribution in [3.05, 3.63) is 64.7 Å². The van der Waals surface area contributed by atoms with Gasteiger partial charge >= 0.3 is 0 Å². The molecule has 104 valence electrons. The maximum atomic E-state index is 5.88. The molecule has 2 heteroatoms. The van der Waals surface area contributed by atoms with E-state index < -0.39 is 0 Å². The van der Waals surface area contributed by atoms with Gasteiger partial charge in [0, 0.05) is 12.0 Å². The fourth-order valence-corrected chi connectivity index (χ4v) is 2.97. The second-order valence-corrected chi connectivity index (χ2v) is 5.28. The molecule has 2 aromatic carbocycles. The zero-order valence-corrected chi connectivity index (χ0v) is 12.1. The summed E-state index contributed by atoms with van der Waals surface area (Å²) in [6.45, 7) is 6.06. The fraction of sp³-hybridized carbons (Fsp3) is 0.333. The third-order valence-electron chi connectivity index (χ3n) is 3.96. The lowest BCUT2D eigenvalue weighted by atomic mass is 9.93. The Morgan fingerprint density at radius 2 is 1.90 bits per heavy atom. The van der Waals surface area contributed by atoms with Crippen molar-refractivity contribution >= 4 is 0 Å². The summed E-state index contributed by atoms with van der Waals surface area (Å²) in [6, 6.07) is 15.3. The lowest BCUT2D eigenvalue weighted by molar-refractivity contribution is 0.350. The van der Waals surface area contributed by atoms with Gasteiger partial charge in [0.05, 0.1) is 12.6 Å². The van der Waals surface area contributed by atoms with Gasteiger partial charge in [0.15, 0.2) is 0 Å². The van der Waals surface area contributed by atoms with Gasteiger partial charge in [-0.3, -0.25) is 0 Å². The molecule has 2 nitrogen and oxygen atoms in total. The highest BCUT2D eigenvalue weighted by molar-refractivity contribution is 5.49. The summed E-state index contributed by atoms with van der Waals surface area (Å²) < 4.78 is 5.88. The van der Waals surface area contributed by atoms with Crippen molar-refractivity contribution in [1.82, 2.24) is 5.32 Å². The molecular formula is C18H21NO. The molecule has 0 bridgehead atoms. The number of para-hydroxylation sites is 1. The van der Waals surface area contributed by atoms with Crippen molar-refractivity contribution in [3.63, 3.8) is 0 Å². The van der Waals surface area contributed by atoms with Crippen molar-refractivity contribution < 1.29 is 4.74 Å². The number of benzene rings is 2. The summed E-state index contributed by atoms with van der Waals surface area (Å²) in [5.74, 6) is 1.08. The molecule has 1 aliphatic rings. The first kappa shape index (κ1) is 13.2. The molecule has 1 aliphatic heterocycles. The van der Waals surface area contributed by atoms with Gasteiger partial charge in [-0.05, 0) is 30.2 Å². The molecule has 3 rings (SSSR count). The molecule has 0 saturated carbocycles. The number of rotatable bonds is 4. The van der Waals surface area contributed by atoms with E-state index in [0.717, 1.165) is 25.3 Å². The largest absolute Gasteiger partial charge is 0.493 e. The minimum atomic E-state index is 0.203. The van der Waals surface area contributed by atoms with Gasteiger partial charge in [-0.1, -0.05) is 49.4 Å². The Hall–Kier alpha value is -1.80. The Balaban J connectivity index is 2.08. The Morgan fingerprint density at radius 1 is 1.10 bits per heavy atom. The number of ether oxygens (including phenoxy) is 1. The highest BCUT2D eigenvalue weighted by Gasteiger charge is 2.23. The predicted octanol–water partition coefficient (Wildman–Crippen LogP) is 3.63. The zero-order chi connectivity index (χ0) is 13.9. The van der Waals surface area contributed by atoms with E-state index in [2.05, 4.69) is 61.6 Å². The Morgan fingerprint density at radius 3 is 2.70 bits per heavy atom. The standard InChI is InChI=1S/C18H21NO/c1-3-19-17(15-9-5-4-7-13(15)2)16-10-6-8-14-11-12-20-18(14)16/h4-10,17,19H,3,11-12H2,1-2H3. The quantitative estimate of drug-likeness (QED) is 0.913. The lowest BCUT2D eigenvalue weighted by Crippen LogP contribution is -2.23. The summed E-state index contributed by atoms with van der Waals surface area (Å²) in [6.07, 6.45) is 1.02. The van der Waals surface area contributed by atoms with Crippen LogP contribution in [-0.2, 0) is 6.42 Å². The molecule has 0 spiro atoms. The summed E-state index contributed by atoms with van der Waals surface area (Å²) in [7, 11) is 0. The van der Waals surface area contributed by atoms with Crippen molar-refractivity contribution in [2.24, 2.45) is 0 Å². The van der Waals surface area contributed by atoms with Crippen LogP contribution < -0.4 is 10.1 Å². The summed E-state index contributed by atoms with van der Waals surface area (Å²) in [5.41, 5.74) is 5.24. The molecule has 0 fully saturated rings. The van der Waals surface area contributed by atoms with E-state index in [0.29, 0.717) is 0 Å². The number of hydrogen-bond acceptors (Lipinski definition) is 2. The molecule has 1 unspecified atom stereocenters. The normalized spacial score (nSPS) is 14.7. The van der Waals surface area contributed by atoms with Crippen LogP contribution in [0.2, 0.25) is 0 Å². The van der Waals surface area contributed by atoms with Crippen LogP contribution in [0, 0.1) is 6.92 Å². The van der Waals surface area contributed by atoms with Crippen LogP contribution in [-0.4, -0.2) is 13.2 Å². The number of nitrogens with one attached hydrogen (secondary N) is 1.